The number of likely N-dealkylation sites (tertiary alicyclic amines) is 1. The van der Waals surface area contributed by atoms with E-state index in [9.17, 15) is 9.59 Å². The van der Waals surface area contributed by atoms with E-state index in [1.54, 1.807) is 0 Å². The van der Waals surface area contributed by atoms with E-state index in [0.717, 1.165) is 41.8 Å². The molecule has 0 radical (unpaired) electrons. The van der Waals surface area contributed by atoms with Crippen LogP contribution in [0.5, 0.6) is 0 Å². The van der Waals surface area contributed by atoms with Gasteiger partial charge in [0.2, 0.25) is 5.91 Å². The maximum Gasteiger partial charge on any atom is 0.253 e. The lowest BCUT2D eigenvalue weighted by Gasteiger charge is -2.20. The maximum atomic E-state index is 12.7. The molecule has 3 rings (SSSR count). The first-order chi connectivity index (χ1) is 13.1. The molecule has 1 heterocycles. The lowest BCUT2D eigenvalue weighted by atomic mass is 10.1. The molecular formula is C21H24BrN3O2. The third-order valence-electron chi connectivity index (χ3n) is 4.56. The molecule has 6 heteroatoms. The number of rotatable bonds is 5. The molecule has 142 valence electrons. The Kier molecular flexibility index (Phi) is 6.87. The van der Waals surface area contributed by atoms with Crippen molar-refractivity contribution in [2.45, 2.75) is 25.7 Å². The normalized spacial score (nSPS) is 14.3. The summed E-state index contributed by atoms with van der Waals surface area (Å²) in [5.74, 6) is -0.0727. The summed E-state index contributed by atoms with van der Waals surface area (Å²) in [6, 6.07) is 14.8. The number of anilines is 2. The number of carbonyl (C=O) groups is 2. The predicted molar refractivity (Wildman–Crippen MR) is 112 cm³/mol. The maximum absolute atomic E-state index is 12.7. The van der Waals surface area contributed by atoms with Gasteiger partial charge in [0.1, 0.15) is 0 Å². The van der Waals surface area contributed by atoms with E-state index in [1.807, 2.05) is 53.4 Å². The van der Waals surface area contributed by atoms with Gasteiger partial charge in [0.15, 0.2) is 0 Å². The number of hydrogen-bond donors (Lipinski definition) is 2. The smallest absolute Gasteiger partial charge is 0.253 e. The van der Waals surface area contributed by atoms with Gasteiger partial charge in [-0.2, -0.15) is 0 Å². The molecule has 0 atom stereocenters. The Balaban J connectivity index is 1.57. The molecule has 27 heavy (non-hydrogen) atoms. The minimum absolute atomic E-state index is 0.0686. The van der Waals surface area contributed by atoms with Gasteiger partial charge >= 0.3 is 0 Å². The summed E-state index contributed by atoms with van der Waals surface area (Å²) >= 11 is 3.38. The van der Waals surface area contributed by atoms with Crippen LogP contribution >= 0.6 is 15.9 Å². The highest BCUT2D eigenvalue weighted by Gasteiger charge is 2.17. The summed E-state index contributed by atoms with van der Waals surface area (Å²) in [5, 5.41) is 5.94. The van der Waals surface area contributed by atoms with E-state index in [4.69, 9.17) is 0 Å². The number of carbonyl (C=O) groups excluding carboxylic acids is 2. The van der Waals surface area contributed by atoms with Crippen LogP contribution in [-0.2, 0) is 4.79 Å². The summed E-state index contributed by atoms with van der Waals surface area (Å²) in [6.07, 6.45) is 4.52. The molecule has 1 aliphatic heterocycles. The Labute approximate surface area is 168 Å². The molecule has 2 N–H and O–H groups in total. The fraction of sp³-hybridized carbons (Fsp3) is 0.333. The molecule has 0 aromatic heterocycles. The van der Waals surface area contributed by atoms with Crippen molar-refractivity contribution in [3.05, 3.63) is 58.6 Å². The van der Waals surface area contributed by atoms with E-state index < -0.39 is 0 Å². The van der Waals surface area contributed by atoms with Crippen molar-refractivity contribution in [3.63, 3.8) is 0 Å². The summed E-state index contributed by atoms with van der Waals surface area (Å²) in [5.41, 5.74) is 2.16. The Morgan fingerprint density at radius 3 is 2.37 bits per heavy atom. The SMILES string of the molecule is O=C(CNc1cccc(C(=O)N2CCCCCC2)c1)Nc1cccc(Br)c1. The number of nitrogens with one attached hydrogen (secondary N) is 2. The highest BCUT2D eigenvalue weighted by molar-refractivity contribution is 9.10. The molecule has 0 saturated carbocycles. The molecule has 0 bridgehead atoms. The summed E-state index contributed by atoms with van der Waals surface area (Å²) in [7, 11) is 0. The van der Waals surface area contributed by atoms with Crippen LogP contribution in [0.25, 0.3) is 0 Å². The van der Waals surface area contributed by atoms with Gasteiger partial charge < -0.3 is 15.5 Å². The van der Waals surface area contributed by atoms with Gasteiger partial charge in [-0.1, -0.05) is 40.9 Å². The second-order valence-electron chi connectivity index (χ2n) is 6.70. The number of nitrogens with zero attached hydrogens (tertiary/aromatic N) is 1. The Hall–Kier alpha value is -2.34. The minimum atomic E-state index is -0.141. The minimum Gasteiger partial charge on any atom is -0.376 e. The van der Waals surface area contributed by atoms with Crippen molar-refractivity contribution in [2.24, 2.45) is 0 Å². The zero-order chi connectivity index (χ0) is 19.1. The van der Waals surface area contributed by atoms with Crippen LogP contribution in [0, 0.1) is 0 Å². The molecule has 5 nitrogen and oxygen atoms in total. The van der Waals surface area contributed by atoms with Crippen LogP contribution in [0.3, 0.4) is 0 Å². The molecule has 2 aromatic carbocycles. The standard InChI is InChI=1S/C21H24BrN3O2/c22-17-8-6-10-19(14-17)24-20(26)15-23-18-9-5-7-16(13-18)21(27)25-11-3-1-2-4-12-25/h5-10,13-14,23H,1-4,11-12,15H2,(H,24,26). The molecule has 1 aliphatic rings. The van der Waals surface area contributed by atoms with Crippen molar-refractivity contribution >= 4 is 39.1 Å². The van der Waals surface area contributed by atoms with E-state index >= 15 is 0 Å². The molecule has 0 aliphatic carbocycles. The number of benzene rings is 2. The van der Waals surface area contributed by atoms with Crippen molar-refractivity contribution in [1.82, 2.24) is 4.90 Å². The third kappa shape index (κ3) is 5.82. The van der Waals surface area contributed by atoms with Crippen molar-refractivity contribution in [2.75, 3.05) is 30.3 Å². The largest absolute Gasteiger partial charge is 0.376 e. The Bertz CT molecular complexity index is 802. The molecule has 1 fully saturated rings. The van der Waals surface area contributed by atoms with Gasteiger partial charge in [0.05, 0.1) is 6.54 Å². The molecule has 0 spiro atoms. The average Bonchev–Trinajstić information content (AvgIpc) is 2.95. The Morgan fingerprint density at radius 2 is 1.63 bits per heavy atom. The van der Waals surface area contributed by atoms with Crippen LogP contribution in [0.15, 0.2) is 53.0 Å². The topological polar surface area (TPSA) is 61.4 Å². The fourth-order valence-electron chi connectivity index (χ4n) is 3.17. The quantitative estimate of drug-likeness (QED) is 0.734. The first-order valence-electron chi connectivity index (χ1n) is 9.30. The van der Waals surface area contributed by atoms with Crippen LogP contribution < -0.4 is 10.6 Å². The second kappa shape index (κ2) is 9.55. The lowest BCUT2D eigenvalue weighted by Crippen LogP contribution is -2.31. The summed E-state index contributed by atoms with van der Waals surface area (Å²) in [4.78, 5) is 26.8. The number of amides is 2. The highest BCUT2D eigenvalue weighted by Crippen LogP contribution is 2.17. The molecule has 0 unspecified atom stereocenters. The van der Waals surface area contributed by atoms with Gasteiger partial charge in [-0.25, -0.2) is 0 Å². The summed E-state index contributed by atoms with van der Waals surface area (Å²) in [6.45, 7) is 1.78. The average molecular weight is 430 g/mol. The van der Waals surface area contributed by atoms with Crippen molar-refractivity contribution < 1.29 is 9.59 Å². The highest BCUT2D eigenvalue weighted by atomic mass is 79.9. The zero-order valence-corrected chi connectivity index (χ0v) is 16.8. The third-order valence-corrected chi connectivity index (χ3v) is 5.06. The van der Waals surface area contributed by atoms with Crippen LogP contribution in [0.1, 0.15) is 36.0 Å². The zero-order valence-electron chi connectivity index (χ0n) is 15.2. The van der Waals surface area contributed by atoms with Gasteiger partial charge in [-0.15, -0.1) is 0 Å². The molecular weight excluding hydrogens is 406 g/mol. The monoisotopic (exact) mass is 429 g/mol. The van der Waals surface area contributed by atoms with Crippen LogP contribution in [0.2, 0.25) is 0 Å². The van der Waals surface area contributed by atoms with Gasteiger partial charge in [0.25, 0.3) is 5.91 Å². The van der Waals surface area contributed by atoms with Crippen LogP contribution in [0.4, 0.5) is 11.4 Å². The van der Waals surface area contributed by atoms with E-state index in [2.05, 4.69) is 26.6 Å². The number of hydrogen-bond acceptors (Lipinski definition) is 3. The predicted octanol–water partition coefficient (Wildman–Crippen LogP) is 4.52. The lowest BCUT2D eigenvalue weighted by molar-refractivity contribution is -0.114. The fourth-order valence-corrected chi connectivity index (χ4v) is 3.57. The van der Waals surface area contributed by atoms with Gasteiger partial charge in [-0.3, -0.25) is 9.59 Å². The van der Waals surface area contributed by atoms with E-state index in [1.165, 1.54) is 12.8 Å². The van der Waals surface area contributed by atoms with E-state index in [-0.39, 0.29) is 18.4 Å². The first-order valence-corrected chi connectivity index (χ1v) is 10.1. The second-order valence-corrected chi connectivity index (χ2v) is 7.61. The summed E-state index contributed by atoms with van der Waals surface area (Å²) < 4.78 is 0.910. The van der Waals surface area contributed by atoms with Gasteiger partial charge in [0, 0.05) is 34.5 Å². The van der Waals surface area contributed by atoms with Gasteiger partial charge in [-0.05, 0) is 49.2 Å². The molecule has 1 saturated heterocycles. The van der Waals surface area contributed by atoms with E-state index in [0.29, 0.717) is 5.56 Å². The Morgan fingerprint density at radius 1 is 0.926 bits per heavy atom. The van der Waals surface area contributed by atoms with Crippen molar-refractivity contribution in [1.29, 1.82) is 0 Å². The molecule has 2 amide bonds. The first kappa shape index (κ1) is 19.4. The van der Waals surface area contributed by atoms with Crippen molar-refractivity contribution in [3.8, 4) is 0 Å². The molecule has 2 aromatic rings. The van der Waals surface area contributed by atoms with Crippen LogP contribution in [-0.4, -0.2) is 36.3 Å². The number of halogens is 1.